The minimum atomic E-state index is 0.648. The van der Waals surface area contributed by atoms with Gasteiger partial charge in [-0.2, -0.15) is 5.10 Å². The highest BCUT2D eigenvalue weighted by Gasteiger charge is 2.09. The lowest BCUT2D eigenvalue weighted by molar-refractivity contribution is 0.354. The number of halogens is 1. The number of anilines is 1. The Morgan fingerprint density at radius 2 is 1.85 bits per heavy atom. The van der Waals surface area contributed by atoms with Crippen molar-refractivity contribution in [1.82, 2.24) is 0 Å². The molecule has 2 rings (SSSR count). The second-order valence-electron chi connectivity index (χ2n) is 3.97. The molecule has 0 bridgehead atoms. The summed E-state index contributed by atoms with van der Waals surface area (Å²) in [4.78, 5) is 0. The predicted octanol–water partition coefficient (Wildman–Crippen LogP) is 3.91. The van der Waals surface area contributed by atoms with E-state index in [9.17, 15) is 0 Å². The molecule has 0 aliphatic carbocycles. The van der Waals surface area contributed by atoms with Crippen molar-refractivity contribution in [2.75, 3.05) is 19.6 Å². The van der Waals surface area contributed by atoms with E-state index in [0.29, 0.717) is 11.5 Å². The molecule has 0 spiro atoms. The number of methoxy groups -OCH3 is 2. The van der Waals surface area contributed by atoms with Gasteiger partial charge in [0.05, 0.1) is 26.1 Å². The molecule has 0 atom stereocenters. The molecule has 0 aliphatic heterocycles. The molecule has 104 valence electrons. The van der Waals surface area contributed by atoms with Gasteiger partial charge in [-0.25, -0.2) is 0 Å². The first kappa shape index (κ1) is 14.4. The van der Waals surface area contributed by atoms with Crippen molar-refractivity contribution in [1.29, 1.82) is 0 Å². The summed E-state index contributed by atoms with van der Waals surface area (Å²) < 4.78 is 11.5. The summed E-state index contributed by atoms with van der Waals surface area (Å²) >= 11 is 3.44. The van der Waals surface area contributed by atoms with Crippen molar-refractivity contribution >= 4 is 27.8 Å². The summed E-state index contributed by atoms with van der Waals surface area (Å²) in [6.07, 6.45) is 1.69. The summed E-state index contributed by atoms with van der Waals surface area (Å²) in [6.45, 7) is 0. The second kappa shape index (κ2) is 6.96. The highest BCUT2D eigenvalue weighted by molar-refractivity contribution is 9.10. The van der Waals surface area contributed by atoms with Crippen LogP contribution in [0.15, 0.2) is 52.0 Å². The van der Waals surface area contributed by atoms with Crippen LogP contribution in [0.5, 0.6) is 11.5 Å². The van der Waals surface area contributed by atoms with Crippen LogP contribution < -0.4 is 14.9 Å². The van der Waals surface area contributed by atoms with Crippen molar-refractivity contribution < 1.29 is 9.47 Å². The fourth-order valence-corrected chi connectivity index (χ4v) is 2.20. The van der Waals surface area contributed by atoms with Crippen LogP contribution in [0.4, 0.5) is 5.69 Å². The molecule has 0 saturated carbocycles. The highest BCUT2D eigenvalue weighted by Crippen LogP contribution is 2.33. The largest absolute Gasteiger partial charge is 0.493 e. The van der Waals surface area contributed by atoms with E-state index < -0.39 is 0 Å². The Morgan fingerprint density at radius 1 is 1.10 bits per heavy atom. The minimum Gasteiger partial charge on any atom is -0.493 e. The van der Waals surface area contributed by atoms with Gasteiger partial charge in [-0.15, -0.1) is 0 Å². The summed E-state index contributed by atoms with van der Waals surface area (Å²) in [6, 6.07) is 13.5. The third-order valence-electron chi connectivity index (χ3n) is 2.64. The second-order valence-corrected chi connectivity index (χ2v) is 4.88. The molecule has 2 aromatic carbocycles. The molecule has 4 nitrogen and oxygen atoms in total. The van der Waals surface area contributed by atoms with Crippen LogP contribution in [0.1, 0.15) is 5.56 Å². The number of hydrazone groups is 1. The number of rotatable bonds is 5. The molecule has 1 N–H and O–H groups in total. The van der Waals surface area contributed by atoms with Gasteiger partial charge in [0, 0.05) is 10.0 Å². The number of hydrogen-bond acceptors (Lipinski definition) is 4. The van der Waals surface area contributed by atoms with E-state index in [1.165, 1.54) is 0 Å². The van der Waals surface area contributed by atoms with Crippen LogP contribution in [-0.4, -0.2) is 20.4 Å². The standard InChI is InChI=1S/C15H15BrN2O2/c1-19-14-9-12(16)8-11(15(14)20-2)10-17-18-13-6-4-3-5-7-13/h3-10,18H,1-2H3/b17-10+. The zero-order valence-corrected chi connectivity index (χ0v) is 12.8. The van der Waals surface area contributed by atoms with Crippen LogP contribution in [0.3, 0.4) is 0 Å². The molecule has 0 heterocycles. The molecule has 0 unspecified atom stereocenters. The van der Waals surface area contributed by atoms with Crippen molar-refractivity contribution in [3.05, 3.63) is 52.5 Å². The average Bonchev–Trinajstić information content (AvgIpc) is 2.47. The summed E-state index contributed by atoms with van der Waals surface area (Å²) in [5, 5.41) is 4.21. The van der Waals surface area contributed by atoms with Gasteiger partial charge in [-0.1, -0.05) is 34.1 Å². The Labute approximate surface area is 126 Å². The smallest absolute Gasteiger partial charge is 0.169 e. The van der Waals surface area contributed by atoms with Crippen LogP contribution >= 0.6 is 15.9 Å². The quantitative estimate of drug-likeness (QED) is 0.665. The third kappa shape index (κ3) is 3.51. The number of para-hydroxylation sites is 1. The van der Waals surface area contributed by atoms with Gasteiger partial charge in [0.25, 0.3) is 0 Å². The van der Waals surface area contributed by atoms with Crippen LogP contribution in [0, 0.1) is 0 Å². The first-order valence-corrected chi connectivity index (χ1v) is 6.79. The zero-order chi connectivity index (χ0) is 14.4. The average molecular weight is 335 g/mol. The molecule has 20 heavy (non-hydrogen) atoms. The van der Waals surface area contributed by atoms with Crippen molar-refractivity contribution in [2.45, 2.75) is 0 Å². The van der Waals surface area contributed by atoms with Crippen molar-refractivity contribution in [2.24, 2.45) is 5.10 Å². The maximum atomic E-state index is 5.36. The maximum Gasteiger partial charge on any atom is 0.169 e. The Balaban J connectivity index is 2.22. The molecule has 0 amide bonds. The van der Waals surface area contributed by atoms with Crippen molar-refractivity contribution in [3.63, 3.8) is 0 Å². The van der Waals surface area contributed by atoms with Crippen LogP contribution in [0.25, 0.3) is 0 Å². The molecule has 5 heteroatoms. The first-order valence-electron chi connectivity index (χ1n) is 6.00. The lowest BCUT2D eigenvalue weighted by atomic mass is 10.2. The SMILES string of the molecule is COc1cc(Br)cc(/C=N/Nc2ccccc2)c1OC. The third-order valence-corrected chi connectivity index (χ3v) is 3.10. The molecule has 0 aromatic heterocycles. The predicted molar refractivity (Wildman–Crippen MR) is 84.9 cm³/mol. The van der Waals surface area contributed by atoms with Gasteiger partial charge < -0.3 is 9.47 Å². The molecule has 0 fully saturated rings. The van der Waals surface area contributed by atoms with E-state index in [-0.39, 0.29) is 0 Å². The van der Waals surface area contributed by atoms with Gasteiger partial charge in [-0.3, -0.25) is 5.43 Å². The van der Waals surface area contributed by atoms with Crippen molar-refractivity contribution in [3.8, 4) is 11.5 Å². The molecular formula is C15H15BrN2O2. The Hall–Kier alpha value is -2.01. The number of ether oxygens (including phenoxy) is 2. The molecule has 0 radical (unpaired) electrons. The van der Waals surface area contributed by atoms with E-state index in [1.54, 1.807) is 20.4 Å². The highest BCUT2D eigenvalue weighted by atomic mass is 79.9. The number of hydrogen-bond donors (Lipinski definition) is 1. The monoisotopic (exact) mass is 334 g/mol. The van der Waals surface area contributed by atoms with E-state index in [4.69, 9.17) is 9.47 Å². The van der Waals surface area contributed by atoms with E-state index in [2.05, 4.69) is 26.5 Å². The van der Waals surface area contributed by atoms with E-state index in [0.717, 1.165) is 15.7 Å². The zero-order valence-electron chi connectivity index (χ0n) is 11.3. The summed E-state index contributed by atoms with van der Waals surface area (Å²) in [5.74, 6) is 1.30. The number of nitrogens with zero attached hydrogens (tertiary/aromatic N) is 1. The normalized spacial score (nSPS) is 10.6. The van der Waals surface area contributed by atoms with Crippen LogP contribution in [0.2, 0.25) is 0 Å². The maximum absolute atomic E-state index is 5.36. The molecule has 2 aromatic rings. The molecular weight excluding hydrogens is 320 g/mol. The van der Waals surface area contributed by atoms with Gasteiger partial charge in [0.2, 0.25) is 0 Å². The first-order chi connectivity index (χ1) is 9.74. The summed E-state index contributed by atoms with van der Waals surface area (Å²) in [5.41, 5.74) is 4.70. The van der Waals surface area contributed by atoms with E-state index in [1.807, 2.05) is 42.5 Å². The minimum absolute atomic E-state index is 0.648. The van der Waals surface area contributed by atoms with Gasteiger partial charge in [-0.05, 0) is 24.3 Å². The summed E-state index contributed by atoms with van der Waals surface area (Å²) in [7, 11) is 3.21. The lowest BCUT2D eigenvalue weighted by Crippen LogP contribution is -1.97. The lowest BCUT2D eigenvalue weighted by Gasteiger charge is -2.10. The number of benzene rings is 2. The van der Waals surface area contributed by atoms with Gasteiger partial charge in [0.1, 0.15) is 0 Å². The molecule has 0 saturated heterocycles. The fourth-order valence-electron chi connectivity index (χ4n) is 1.74. The van der Waals surface area contributed by atoms with Gasteiger partial charge >= 0.3 is 0 Å². The fraction of sp³-hybridized carbons (Fsp3) is 0.133. The van der Waals surface area contributed by atoms with Gasteiger partial charge in [0.15, 0.2) is 11.5 Å². The van der Waals surface area contributed by atoms with Crippen LogP contribution in [-0.2, 0) is 0 Å². The van der Waals surface area contributed by atoms with E-state index >= 15 is 0 Å². The Morgan fingerprint density at radius 3 is 2.50 bits per heavy atom. The topological polar surface area (TPSA) is 42.8 Å². The Bertz CT molecular complexity index is 600. The number of nitrogens with one attached hydrogen (secondary N) is 1. The molecule has 0 aliphatic rings. The Kier molecular flexibility index (Phi) is 5.01.